The van der Waals surface area contributed by atoms with E-state index in [2.05, 4.69) is 19.7 Å². The van der Waals surface area contributed by atoms with Crippen molar-refractivity contribution in [2.75, 3.05) is 0 Å². The number of H-pyrrole nitrogens is 1. The average molecular weight is 331 g/mol. The molecule has 0 unspecified atom stereocenters. The predicted molar refractivity (Wildman–Crippen MR) is 81.8 cm³/mol. The minimum atomic E-state index is -2.91. The van der Waals surface area contributed by atoms with Crippen LogP contribution in [0, 0.1) is 0 Å². The van der Waals surface area contributed by atoms with Crippen molar-refractivity contribution in [3.8, 4) is 34.1 Å². The number of aromatic hydroxyl groups is 1. The van der Waals surface area contributed by atoms with E-state index in [1.54, 1.807) is 24.3 Å². The number of aromatic amines is 1. The largest absolute Gasteiger partial charge is 0.502 e. The van der Waals surface area contributed by atoms with Gasteiger partial charge in [0.05, 0.1) is 11.9 Å². The van der Waals surface area contributed by atoms with Crippen LogP contribution in [0.5, 0.6) is 11.5 Å². The Hall–Kier alpha value is -3.29. The second-order valence-electron chi connectivity index (χ2n) is 4.78. The highest BCUT2D eigenvalue weighted by Crippen LogP contribution is 2.26. The number of pyridine rings is 1. The summed E-state index contributed by atoms with van der Waals surface area (Å²) in [6, 6.07) is 9.37. The first kappa shape index (κ1) is 15.6. The molecule has 24 heavy (non-hydrogen) atoms. The van der Waals surface area contributed by atoms with Gasteiger partial charge in [-0.05, 0) is 24.3 Å². The highest BCUT2D eigenvalue weighted by molar-refractivity contribution is 5.67. The molecule has 2 heterocycles. The number of rotatable bonds is 4. The number of nitrogens with zero attached hydrogens (tertiary/aromatic N) is 2. The lowest BCUT2D eigenvalue weighted by molar-refractivity contribution is -0.0498. The van der Waals surface area contributed by atoms with Gasteiger partial charge < -0.3 is 14.8 Å². The highest BCUT2D eigenvalue weighted by Gasteiger charge is 2.09. The number of hydrogen-bond acceptors (Lipinski definition) is 5. The molecule has 8 heteroatoms. The molecule has 0 spiro atoms. The number of ether oxygens (including phenoxy) is 1. The SMILES string of the molecule is O=c1[nH]c(-c2ccnc(-c3cccc(OC(F)F)c3)c2)ncc1O. The lowest BCUT2D eigenvalue weighted by Gasteiger charge is -2.08. The maximum Gasteiger partial charge on any atom is 0.387 e. The molecule has 2 N–H and O–H groups in total. The molecule has 1 aromatic carbocycles. The van der Waals surface area contributed by atoms with Gasteiger partial charge in [-0.2, -0.15) is 8.78 Å². The van der Waals surface area contributed by atoms with Gasteiger partial charge in [0.25, 0.3) is 5.56 Å². The third kappa shape index (κ3) is 3.37. The Morgan fingerprint density at radius 3 is 2.71 bits per heavy atom. The van der Waals surface area contributed by atoms with Crippen LogP contribution in [0.2, 0.25) is 0 Å². The van der Waals surface area contributed by atoms with E-state index in [0.717, 1.165) is 6.20 Å². The molecule has 0 amide bonds. The van der Waals surface area contributed by atoms with Crippen molar-refractivity contribution in [3.63, 3.8) is 0 Å². The second-order valence-corrected chi connectivity index (χ2v) is 4.78. The Bertz CT molecular complexity index is 928. The van der Waals surface area contributed by atoms with E-state index in [0.29, 0.717) is 16.8 Å². The molecule has 0 saturated heterocycles. The molecule has 0 saturated carbocycles. The summed E-state index contributed by atoms with van der Waals surface area (Å²) in [5.41, 5.74) is 0.946. The third-order valence-corrected chi connectivity index (χ3v) is 3.17. The Morgan fingerprint density at radius 2 is 1.96 bits per heavy atom. The summed E-state index contributed by atoms with van der Waals surface area (Å²) in [6.45, 7) is -2.91. The van der Waals surface area contributed by atoms with Crippen molar-refractivity contribution in [2.45, 2.75) is 6.61 Å². The zero-order chi connectivity index (χ0) is 17.1. The standard InChI is InChI=1S/C16H11F2N3O3/c17-16(18)24-11-3-1-2-9(6-11)12-7-10(4-5-19-12)14-20-8-13(22)15(23)21-14/h1-8,16,22H,(H,20,21,23). The van der Waals surface area contributed by atoms with E-state index in [1.807, 2.05) is 0 Å². The Kier molecular flexibility index (Phi) is 4.19. The van der Waals surface area contributed by atoms with Gasteiger partial charge in [0.1, 0.15) is 11.6 Å². The summed E-state index contributed by atoms with van der Waals surface area (Å²) in [5, 5.41) is 9.23. The first-order valence-electron chi connectivity index (χ1n) is 6.83. The van der Waals surface area contributed by atoms with Crippen LogP contribution in [0.4, 0.5) is 8.78 Å². The van der Waals surface area contributed by atoms with Gasteiger partial charge in [0, 0.05) is 17.3 Å². The highest BCUT2D eigenvalue weighted by atomic mass is 19.3. The Balaban J connectivity index is 1.98. The van der Waals surface area contributed by atoms with Gasteiger partial charge >= 0.3 is 6.61 Å². The topological polar surface area (TPSA) is 88.1 Å². The minimum absolute atomic E-state index is 0.0193. The molecule has 2 aromatic heterocycles. The van der Waals surface area contributed by atoms with Crippen molar-refractivity contribution in [1.29, 1.82) is 0 Å². The van der Waals surface area contributed by atoms with Gasteiger partial charge in [0.15, 0.2) is 5.75 Å². The molecule has 0 aliphatic carbocycles. The minimum Gasteiger partial charge on any atom is -0.502 e. The van der Waals surface area contributed by atoms with E-state index < -0.39 is 17.9 Å². The molecular weight excluding hydrogens is 320 g/mol. The van der Waals surface area contributed by atoms with E-state index >= 15 is 0 Å². The van der Waals surface area contributed by atoms with Crippen molar-refractivity contribution >= 4 is 0 Å². The van der Waals surface area contributed by atoms with Crippen molar-refractivity contribution in [2.24, 2.45) is 0 Å². The Morgan fingerprint density at radius 1 is 1.12 bits per heavy atom. The van der Waals surface area contributed by atoms with Crippen LogP contribution in [-0.4, -0.2) is 26.7 Å². The molecule has 0 radical (unpaired) electrons. The van der Waals surface area contributed by atoms with Gasteiger partial charge in [-0.25, -0.2) is 4.98 Å². The number of hydrogen-bond donors (Lipinski definition) is 2. The van der Waals surface area contributed by atoms with Gasteiger partial charge in [-0.3, -0.25) is 9.78 Å². The molecule has 6 nitrogen and oxygen atoms in total. The predicted octanol–water partition coefficient (Wildman–Crippen LogP) is 2.81. The molecule has 3 aromatic rings. The van der Waals surface area contributed by atoms with E-state index in [4.69, 9.17) is 0 Å². The quantitative estimate of drug-likeness (QED) is 0.767. The number of nitrogens with one attached hydrogen (secondary N) is 1. The molecule has 3 rings (SSSR count). The van der Waals surface area contributed by atoms with Crippen molar-refractivity contribution in [1.82, 2.24) is 15.0 Å². The van der Waals surface area contributed by atoms with Crippen LogP contribution in [-0.2, 0) is 0 Å². The molecule has 0 aliphatic rings. The lowest BCUT2D eigenvalue weighted by Crippen LogP contribution is -2.07. The smallest absolute Gasteiger partial charge is 0.387 e. The van der Waals surface area contributed by atoms with Crippen LogP contribution in [0.15, 0.2) is 53.6 Å². The van der Waals surface area contributed by atoms with Crippen molar-refractivity contribution < 1.29 is 18.6 Å². The first-order valence-corrected chi connectivity index (χ1v) is 6.83. The summed E-state index contributed by atoms with van der Waals surface area (Å²) in [6.07, 6.45) is 2.55. The van der Waals surface area contributed by atoms with Gasteiger partial charge in [-0.15, -0.1) is 0 Å². The van der Waals surface area contributed by atoms with Gasteiger partial charge in [-0.1, -0.05) is 12.1 Å². The third-order valence-electron chi connectivity index (χ3n) is 3.17. The number of aromatic nitrogens is 3. The molecule has 0 fully saturated rings. The maximum absolute atomic E-state index is 12.3. The van der Waals surface area contributed by atoms with Crippen LogP contribution in [0.25, 0.3) is 22.6 Å². The fourth-order valence-corrected chi connectivity index (χ4v) is 2.10. The van der Waals surface area contributed by atoms with Crippen molar-refractivity contribution in [3.05, 3.63) is 59.1 Å². The molecular formula is C16H11F2N3O3. The monoisotopic (exact) mass is 331 g/mol. The first-order chi connectivity index (χ1) is 11.5. The van der Waals surface area contributed by atoms with Crippen LogP contribution in [0.1, 0.15) is 0 Å². The Labute approximate surface area is 134 Å². The molecule has 0 bridgehead atoms. The molecule has 122 valence electrons. The summed E-state index contributed by atoms with van der Waals surface area (Å²) >= 11 is 0. The van der Waals surface area contributed by atoms with Crippen LogP contribution < -0.4 is 10.3 Å². The number of alkyl halides is 2. The lowest BCUT2D eigenvalue weighted by atomic mass is 10.1. The normalized spacial score (nSPS) is 10.8. The van der Waals surface area contributed by atoms with E-state index in [1.165, 1.54) is 18.3 Å². The molecule has 0 aliphatic heterocycles. The summed E-state index contributed by atoms with van der Waals surface area (Å²) in [7, 11) is 0. The zero-order valence-corrected chi connectivity index (χ0v) is 12.1. The maximum atomic E-state index is 12.3. The second kappa shape index (κ2) is 6.45. The zero-order valence-electron chi connectivity index (χ0n) is 12.1. The van der Waals surface area contributed by atoms with E-state index in [-0.39, 0.29) is 11.6 Å². The number of halogens is 2. The van der Waals surface area contributed by atoms with Crippen LogP contribution in [0.3, 0.4) is 0 Å². The summed E-state index contributed by atoms with van der Waals surface area (Å²) in [5.74, 6) is -0.211. The summed E-state index contributed by atoms with van der Waals surface area (Å²) < 4.78 is 29.0. The van der Waals surface area contributed by atoms with Gasteiger partial charge in [0.2, 0.25) is 0 Å². The average Bonchev–Trinajstić information content (AvgIpc) is 2.57. The number of benzene rings is 1. The van der Waals surface area contributed by atoms with E-state index in [9.17, 15) is 18.7 Å². The fourth-order valence-electron chi connectivity index (χ4n) is 2.10. The van der Waals surface area contributed by atoms with Crippen LogP contribution >= 0.6 is 0 Å². The fraction of sp³-hybridized carbons (Fsp3) is 0.0625. The summed E-state index contributed by atoms with van der Waals surface area (Å²) in [4.78, 5) is 22.0. The molecule has 0 atom stereocenters.